The zero-order valence-corrected chi connectivity index (χ0v) is 13.3. The first-order chi connectivity index (χ1) is 9.40. The second-order valence-corrected chi connectivity index (χ2v) is 5.93. The van der Waals surface area contributed by atoms with E-state index in [2.05, 4.69) is 47.7 Å². The molecule has 0 unspecified atom stereocenters. The number of nitrogen functional groups attached to an aromatic ring is 1. The van der Waals surface area contributed by atoms with Gasteiger partial charge in [-0.25, -0.2) is 4.68 Å². The third-order valence-electron chi connectivity index (χ3n) is 3.45. The summed E-state index contributed by atoms with van der Waals surface area (Å²) in [5, 5.41) is 11.5. The number of aromatic amines is 1. The molecule has 0 aliphatic carbocycles. The molecule has 2 heterocycles. The van der Waals surface area contributed by atoms with Gasteiger partial charge in [0.05, 0.1) is 5.69 Å². The van der Waals surface area contributed by atoms with Crippen LogP contribution in [0.15, 0.2) is 0 Å². The van der Waals surface area contributed by atoms with Gasteiger partial charge < -0.3 is 5.84 Å². The first-order valence-corrected chi connectivity index (χ1v) is 7.25. The average molecular weight is 294 g/mol. The van der Waals surface area contributed by atoms with Crippen molar-refractivity contribution >= 4 is 12.2 Å². The maximum atomic E-state index is 5.81. The predicted octanol–water partition coefficient (Wildman–Crippen LogP) is 1.91. The van der Waals surface area contributed by atoms with E-state index < -0.39 is 0 Å². The van der Waals surface area contributed by atoms with Crippen LogP contribution in [0.3, 0.4) is 0 Å². The summed E-state index contributed by atoms with van der Waals surface area (Å²) in [5.41, 5.74) is 3.59. The summed E-state index contributed by atoms with van der Waals surface area (Å²) < 4.78 is 3.97. The SMILES string of the molecule is Cc1nn(CC(C)C)c(C)c1CCc1n[nH]c(=S)n1N. The van der Waals surface area contributed by atoms with E-state index in [9.17, 15) is 0 Å². The van der Waals surface area contributed by atoms with Crippen LogP contribution >= 0.6 is 12.2 Å². The number of H-pyrrole nitrogens is 1. The molecule has 0 aliphatic rings. The van der Waals surface area contributed by atoms with Crippen molar-refractivity contribution in [1.29, 1.82) is 0 Å². The molecule has 0 spiro atoms. The first-order valence-electron chi connectivity index (χ1n) is 6.84. The van der Waals surface area contributed by atoms with Gasteiger partial charge in [-0.3, -0.25) is 9.78 Å². The maximum absolute atomic E-state index is 5.81. The van der Waals surface area contributed by atoms with Crippen molar-refractivity contribution in [2.24, 2.45) is 5.92 Å². The molecule has 7 heteroatoms. The Labute approximate surface area is 124 Å². The van der Waals surface area contributed by atoms with E-state index in [1.807, 2.05) is 0 Å². The lowest BCUT2D eigenvalue weighted by Crippen LogP contribution is -2.13. The van der Waals surface area contributed by atoms with Crippen molar-refractivity contribution < 1.29 is 0 Å². The number of hydrogen-bond acceptors (Lipinski definition) is 4. The standard InChI is InChI=1S/C13H22N6S/c1-8(2)7-18-10(4)11(9(3)17-18)5-6-12-15-16-13(20)19(12)14/h8H,5-7,14H2,1-4H3,(H,16,20). The Morgan fingerprint density at radius 3 is 2.55 bits per heavy atom. The van der Waals surface area contributed by atoms with Gasteiger partial charge in [0.2, 0.25) is 4.77 Å². The lowest BCUT2D eigenvalue weighted by molar-refractivity contribution is 0.472. The van der Waals surface area contributed by atoms with E-state index in [4.69, 9.17) is 18.1 Å². The smallest absolute Gasteiger partial charge is 0.214 e. The Morgan fingerprint density at radius 2 is 2.00 bits per heavy atom. The highest BCUT2D eigenvalue weighted by molar-refractivity contribution is 7.71. The predicted molar refractivity (Wildman–Crippen MR) is 81.5 cm³/mol. The molecular weight excluding hydrogens is 272 g/mol. The first kappa shape index (κ1) is 14.8. The molecule has 0 fully saturated rings. The summed E-state index contributed by atoms with van der Waals surface area (Å²) in [5.74, 6) is 7.17. The van der Waals surface area contributed by atoms with Gasteiger partial charge in [0.1, 0.15) is 0 Å². The second-order valence-electron chi connectivity index (χ2n) is 5.54. The van der Waals surface area contributed by atoms with E-state index in [0.717, 1.165) is 30.9 Å². The van der Waals surface area contributed by atoms with Gasteiger partial charge in [-0.15, -0.1) is 0 Å². The highest BCUT2D eigenvalue weighted by atomic mass is 32.1. The zero-order valence-electron chi connectivity index (χ0n) is 12.5. The van der Waals surface area contributed by atoms with Crippen LogP contribution in [0.1, 0.15) is 36.6 Å². The number of hydrogen-bond donors (Lipinski definition) is 2. The number of nitrogens with zero attached hydrogens (tertiary/aromatic N) is 4. The van der Waals surface area contributed by atoms with E-state index in [1.54, 1.807) is 0 Å². The summed E-state index contributed by atoms with van der Waals surface area (Å²) in [6, 6.07) is 0. The molecule has 0 saturated carbocycles. The largest absolute Gasteiger partial charge is 0.335 e. The highest BCUT2D eigenvalue weighted by Crippen LogP contribution is 2.16. The summed E-state index contributed by atoms with van der Waals surface area (Å²) in [6.45, 7) is 9.52. The van der Waals surface area contributed by atoms with Crippen molar-refractivity contribution in [3.63, 3.8) is 0 Å². The van der Waals surface area contributed by atoms with Crippen LogP contribution in [-0.2, 0) is 19.4 Å². The molecular formula is C13H22N6S. The normalized spacial score (nSPS) is 11.4. The van der Waals surface area contributed by atoms with Gasteiger partial charge in [-0.2, -0.15) is 10.2 Å². The fraction of sp³-hybridized carbons (Fsp3) is 0.615. The molecule has 0 saturated heterocycles. The van der Waals surface area contributed by atoms with Crippen LogP contribution in [0.2, 0.25) is 0 Å². The van der Waals surface area contributed by atoms with E-state index in [1.165, 1.54) is 15.9 Å². The summed E-state index contributed by atoms with van der Waals surface area (Å²) in [7, 11) is 0. The Balaban J connectivity index is 2.15. The van der Waals surface area contributed by atoms with Crippen LogP contribution in [0, 0.1) is 24.5 Å². The summed E-state index contributed by atoms with van der Waals surface area (Å²) in [6.07, 6.45) is 1.62. The van der Waals surface area contributed by atoms with Gasteiger partial charge >= 0.3 is 0 Å². The van der Waals surface area contributed by atoms with Crippen molar-refractivity contribution in [2.75, 3.05) is 5.84 Å². The van der Waals surface area contributed by atoms with E-state index in [-0.39, 0.29) is 0 Å². The molecule has 0 atom stereocenters. The molecule has 0 amide bonds. The fourth-order valence-electron chi connectivity index (χ4n) is 2.37. The molecule has 0 radical (unpaired) electrons. The molecule has 2 aromatic rings. The lowest BCUT2D eigenvalue weighted by Gasteiger charge is -2.08. The van der Waals surface area contributed by atoms with Crippen LogP contribution in [0.5, 0.6) is 0 Å². The van der Waals surface area contributed by atoms with Gasteiger partial charge in [-0.1, -0.05) is 13.8 Å². The number of aromatic nitrogens is 5. The summed E-state index contributed by atoms with van der Waals surface area (Å²) >= 11 is 5.01. The van der Waals surface area contributed by atoms with Gasteiger partial charge in [0.25, 0.3) is 0 Å². The molecule has 2 rings (SSSR count). The fourth-order valence-corrected chi connectivity index (χ4v) is 2.52. The van der Waals surface area contributed by atoms with Crippen molar-refractivity contribution in [1.82, 2.24) is 24.7 Å². The molecule has 110 valence electrons. The van der Waals surface area contributed by atoms with Gasteiger partial charge in [0.15, 0.2) is 5.82 Å². The lowest BCUT2D eigenvalue weighted by atomic mass is 10.1. The minimum absolute atomic E-state index is 0.448. The quantitative estimate of drug-likeness (QED) is 0.652. The zero-order chi connectivity index (χ0) is 14.9. The molecule has 3 N–H and O–H groups in total. The van der Waals surface area contributed by atoms with Gasteiger partial charge in [-0.05, 0) is 44.0 Å². The highest BCUT2D eigenvalue weighted by Gasteiger charge is 2.13. The Hall–Kier alpha value is -1.63. The summed E-state index contributed by atoms with van der Waals surface area (Å²) in [4.78, 5) is 0. The molecule has 0 aliphatic heterocycles. The van der Waals surface area contributed by atoms with Crippen molar-refractivity contribution in [3.8, 4) is 0 Å². The molecule has 0 aromatic carbocycles. The number of nitrogens with two attached hydrogens (primary N) is 1. The third kappa shape index (κ3) is 2.92. The Morgan fingerprint density at radius 1 is 1.30 bits per heavy atom. The minimum atomic E-state index is 0.448. The van der Waals surface area contributed by atoms with Crippen molar-refractivity contribution in [3.05, 3.63) is 27.5 Å². The van der Waals surface area contributed by atoms with Crippen LogP contribution in [0.4, 0.5) is 0 Å². The second kappa shape index (κ2) is 5.78. The van der Waals surface area contributed by atoms with Crippen LogP contribution in [-0.4, -0.2) is 24.7 Å². The average Bonchev–Trinajstić information content (AvgIpc) is 2.81. The third-order valence-corrected chi connectivity index (χ3v) is 3.73. The van der Waals surface area contributed by atoms with E-state index >= 15 is 0 Å². The van der Waals surface area contributed by atoms with Crippen LogP contribution in [0.25, 0.3) is 0 Å². The number of nitrogens with one attached hydrogen (secondary N) is 1. The number of rotatable bonds is 5. The Bertz CT molecular complexity index is 648. The molecule has 0 bridgehead atoms. The van der Waals surface area contributed by atoms with Gasteiger partial charge in [0, 0.05) is 18.7 Å². The monoisotopic (exact) mass is 294 g/mol. The maximum Gasteiger partial charge on any atom is 0.214 e. The number of aryl methyl sites for hydroxylation is 2. The van der Waals surface area contributed by atoms with Crippen LogP contribution < -0.4 is 5.84 Å². The topological polar surface area (TPSA) is 77.5 Å². The molecule has 6 nitrogen and oxygen atoms in total. The molecule has 20 heavy (non-hydrogen) atoms. The molecule has 2 aromatic heterocycles. The Kier molecular flexibility index (Phi) is 4.27. The van der Waals surface area contributed by atoms with E-state index in [0.29, 0.717) is 10.7 Å². The minimum Gasteiger partial charge on any atom is -0.335 e. The van der Waals surface area contributed by atoms with Crippen molar-refractivity contribution in [2.45, 2.75) is 47.1 Å².